The second kappa shape index (κ2) is 7.66. The van der Waals surface area contributed by atoms with Crippen molar-refractivity contribution >= 4 is 33.6 Å². The lowest BCUT2D eigenvalue weighted by Gasteiger charge is -2.08. The number of amides is 1. The van der Waals surface area contributed by atoms with Crippen LogP contribution in [0.2, 0.25) is 0 Å². The fourth-order valence-corrected chi connectivity index (χ4v) is 2.26. The van der Waals surface area contributed by atoms with E-state index in [1.54, 1.807) is 38.5 Å². The Hall–Kier alpha value is -2.27. The van der Waals surface area contributed by atoms with E-state index in [1.165, 1.54) is 6.08 Å². The van der Waals surface area contributed by atoms with Crippen LogP contribution in [0.15, 0.2) is 53.0 Å². The number of carbonyl (C=O) groups is 1. The van der Waals surface area contributed by atoms with Crippen LogP contribution in [-0.2, 0) is 4.79 Å². The lowest BCUT2D eigenvalue weighted by atomic mass is 10.2. The zero-order valence-electron chi connectivity index (χ0n) is 12.3. The van der Waals surface area contributed by atoms with Gasteiger partial charge in [-0.15, -0.1) is 0 Å². The van der Waals surface area contributed by atoms with E-state index in [2.05, 4.69) is 21.2 Å². The molecule has 0 aliphatic carbocycles. The van der Waals surface area contributed by atoms with E-state index >= 15 is 0 Å². The van der Waals surface area contributed by atoms with Gasteiger partial charge in [0.25, 0.3) is 0 Å². The van der Waals surface area contributed by atoms with Gasteiger partial charge in [0.05, 0.1) is 14.2 Å². The number of methoxy groups -OCH3 is 2. The molecule has 0 unspecified atom stereocenters. The Bertz CT molecular complexity index is 676. The Balaban J connectivity index is 2.08. The van der Waals surface area contributed by atoms with Crippen molar-refractivity contribution in [2.24, 2.45) is 0 Å². The van der Waals surface area contributed by atoms with E-state index in [-0.39, 0.29) is 5.91 Å². The molecule has 0 saturated heterocycles. The predicted octanol–water partition coefficient (Wildman–Crippen LogP) is 4.12. The van der Waals surface area contributed by atoms with Gasteiger partial charge >= 0.3 is 0 Å². The number of ether oxygens (including phenoxy) is 2. The van der Waals surface area contributed by atoms with Crippen molar-refractivity contribution < 1.29 is 14.3 Å². The summed E-state index contributed by atoms with van der Waals surface area (Å²) in [6.07, 6.45) is 3.23. The minimum Gasteiger partial charge on any atom is -0.497 e. The molecule has 0 heterocycles. The van der Waals surface area contributed by atoms with Gasteiger partial charge in [-0.25, -0.2) is 0 Å². The molecule has 0 aliphatic heterocycles. The van der Waals surface area contributed by atoms with Crippen LogP contribution < -0.4 is 14.8 Å². The highest BCUT2D eigenvalue weighted by molar-refractivity contribution is 9.10. The normalized spacial score (nSPS) is 10.5. The predicted molar refractivity (Wildman–Crippen MR) is 91.4 cm³/mol. The fraction of sp³-hybridized carbons (Fsp3) is 0.118. The van der Waals surface area contributed by atoms with Gasteiger partial charge in [-0.3, -0.25) is 4.79 Å². The van der Waals surface area contributed by atoms with Gasteiger partial charge in [0.2, 0.25) is 5.91 Å². The fourth-order valence-electron chi connectivity index (χ4n) is 1.85. The summed E-state index contributed by atoms with van der Waals surface area (Å²) in [4.78, 5) is 12.0. The molecule has 0 bridgehead atoms. The summed E-state index contributed by atoms with van der Waals surface area (Å²) in [5.74, 6) is 1.01. The number of nitrogens with one attached hydrogen (secondary N) is 1. The smallest absolute Gasteiger partial charge is 0.248 e. The van der Waals surface area contributed by atoms with Crippen molar-refractivity contribution in [2.75, 3.05) is 19.5 Å². The highest BCUT2D eigenvalue weighted by Gasteiger charge is 2.04. The Kier molecular flexibility index (Phi) is 5.61. The molecule has 0 spiro atoms. The summed E-state index contributed by atoms with van der Waals surface area (Å²) in [7, 11) is 3.13. The molecule has 4 nitrogen and oxygen atoms in total. The van der Waals surface area contributed by atoms with Crippen molar-refractivity contribution in [3.05, 3.63) is 58.6 Å². The first-order valence-electron chi connectivity index (χ1n) is 6.58. The Morgan fingerprint density at radius 3 is 2.36 bits per heavy atom. The van der Waals surface area contributed by atoms with E-state index in [1.807, 2.05) is 24.3 Å². The molecule has 5 heteroatoms. The first-order valence-corrected chi connectivity index (χ1v) is 7.37. The molecule has 22 heavy (non-hydrogen) atoms. The number of halogens is 1. The van der Waals surface area contributed by atoms with E-state index in [9.17, 15) is 4.79 Å². The Morgan fingerprint density at radius 1 is 1.09 bits per heavy atom. The van der Waals surface area contributed by atoms with Crippen molar-refractivity contribution in [2.45, 2.75) is 0 Å². The molecule has 114 valence electrons. The van der Waals surface area contributed by atoms with Gasteiger partial charge in [0.1, 0.15) is 11.5 Å². The summed E-state index contributed by atoms with van der Waals surface area (Å²) in [5.41, 5.74) is 1.55. The van der Waals surface area contributed by atoms with E-state index in [0.29, 0.717) is 17.2 Å². The number of carbonyl (C=O) groups excluding carboxylic acids is 1. The minimum absolute atomic E-state index is 0.227. The molecule has 2 rings (SSSR count). The van der Waals surface area contributed by atoms with Crippen LogP contribution in [0, 0.1) is 0 Å². The molecular weight excluding hydrogens is 346 g/mol. The van der Waals surface area contributed by atoms with Gasteiger partial charge in [0, 0.05) is 34.4 Å². The Morgan fingerprint density at radius 2 is 1.77 bits per heavy atom. The average Bonchev–Trinajstić information content (AvgIpc) is 2.52. The van der Waals surface area contributed by atoms with Crippen LogP contribution in [-0.4, -0.2) is 20.1 Å². The van der Waals surface area contributed by atoms with Crippen molar-refractivity contribution in [3.63, 3.8) is 0 Å². The molecule has 2 aromatic carbocycles. The first-order chi connectivity index (χ1) is 10.6. The van der Waals surface area contributed by atoms with Crippen LogP contribution in [0.3, 0.4) is 0 Å². The quantitative estimate of drug-likeness (QED) is 0.814. The van der Waals surface area contributed by atoms with Crippen LogP contribution in [0.5, 0.6) is 11.5 Å². The van der Waals surface area contributed by atoms with Crippen molar-refractivity contribution in [3.8, 4) is 11.5 Å². The average molecular weight is 362 g/mol. The molecule has 0 atom stereocenters. The van der Waals surface area contributed by atoms with E-state index in [0.717, 1.165) is 10.0 Å². The number of hydrogen-bond donors (Lipinski definition) is 1. The second-order valence-electron chi connectivity index (χ2n) is 4.48. The monoisotopic (exact) mass is 361 g/mol. The minimum atomic E-state index is -0.227. The maximum atomic E-state index is 12.0. The van der Waals surface area contributed by atoms with Crippen molar-refractivity contribution in [1.29, 1.82) is 0 Å². The largest absolute Gasteiger partial charge is 0.497 e. The third kappa shape index (κ3) is 4.63. The van der Waals surface area contributed by atoms with Crippen molar-refractivity contribution in [1.82, 2.24) is 0 Å². The maximum absolute atomic E-state index is 12.0. The highest BCUT2D eigenvalue weighted by Crippen LogP contribution is 2.25. The summed E-state index contributed by atoms with van der Waals surface area (Å²) < 4.78 is 11.3. The number of rotatable bonds is 5. The first kappa shape index (κ1) is 16.1. The number of anilines is 1. The number of benzene rings is 2. The highest BCUT2D eigenvalue weighted by atomic mass is 79.9. The van der Waals surface area contributed by atoms with E-state index in [4.69, 9.17) is 9.47 Å². The second-order valence-corrected chi connectivity index (χ2v) is 5.39. The molecule has 0 saturated carbocycles. The summed E-state index contributed by atoms with van der Waals surface area (Å²) in [6.45, 7) is 0. The van der Waals surface area contributed by atoms with Crippen LogP contribution in [0.4, 0.5) is 5.69 Å². The standard InChI is InChI=1S/C17H16BrNO3/c1-21-15-9-14(10-16(11-15)22-2)19-17(20)7-6-12-4-3-5-13(18)8-12/h3-11H,1-2H3,(H,19,20)/b7-6+. The Labute approximate surface area is 137 Å². The van der Waals surface area contributed by atoms with Gasteiger partial charge in [-0.2, -0.15) is 0 Å². The van der Waals surface area contributed by atoms with Crippen LogP contribution in [0.1, 0.15) is 5.56 Å². The lowest BCUT2D eigenvalue weighted by molar-refractivity contribution is -0.111. The molecule has 0 aromatic heterocycles. The zero-order valence-corrected chi connectivity index (χ0v) is 13.9. The molecule has 1 amide bonds. The third-order valence-electron chi connectivity index (χ3n) is 2.89. The molecule has 0 fully saturated rings. The SMILES string of the molecule is COc1cc(NC(=O)/C=C/c2cccc(Br)c2)cc(OC)c1. The molecule has 1 N–H and O–H groups in total. The van der Waals surface area contributed by atoms with Crippen LogP contribution in [0.25, 0.3) is 6.08 Å². The summed E-state index contributed by atoms with van der Waals surface area (Å²) in [6, 6.07) is 12.9. The topological polar surface area (TPSA) is 47.6 Å². The third-order valence-corrected chi connectivity index (χ3v) is 3.39. The van der Waals surface area contributed by atoms with Gasteiger partial charge in [0.15, 0.2) is 0 Å². The zero-order chi connectivity index (χ0) is 15.9. The van der Waals surface area contributed by atoms with Gasteiger partial charge in [-0.05, 0) is 23.8 Å². The molecular formula is C17H16BrNO3. The van der Waals surface area contributed by atoms with Gasteiger partial charge < -0.3 is 14.8 Å². The molecule has 0 radical (unpaired) electrons. The summed E-state index contributed by atoms with van der Waals surface area (Å²) in [5, 5.41) is 2.78. The maximum Gasteiger partial charge on any atom is 0.248 e. The molecule has 2 aromatic rings. The lowest BCUT2D eigenvalue weighted by Crippen LogP contribution is -2.08. The van der Waals surface area contributed by atoms with Gasteiger partial charge in [-0.1, -0.05) is 28.1 Å². The molecule has 0 aliphatic rings. The number of hydrogen-bond acceptors (Lipinski definition) is 3. The summed E-state index contributed by atoms with van der Waals surface area (Å²) >= 11 is 3.39. The van der Waals surface area contributed by atoms with Crippen LogP contribution >= 0.6 is 15.9 Å². The van der Waals surface area contributed by atoms with E-state index < -0.39 is 0 Å².